The highest BCUT2D eigenvalue weighted by Crippen LogP contribution is 1.87. The average Bonchev–Trinajstić information content (AvgIpc) is 2.63. The maximum Gasteiger partial charge on any atom is 0.0177 e. The van der Waals surface area contributed by atoms with E-state index in [9.17, 15) is 0 Å². The molecule has 0 rings (SSSR count). The Labute approximate surface area is 151 Å². The molecule has 0 heterocycles. The molecule has 0 spiro atoms. The first-order valence-corrected chi connectivity index (χ1v) is 8.06. The van der Waals surface area contributed by atoms with E-state index in [0.717, 1.165) is 0 Å². The minimum absolute atomic E-state index is 0.679. The molecule has 0 saturated carbocycles. The molecule has 25 heavy (non-hydrogen) atoms. The van der Waals surface area contributed by atoms with Crippen LogP contribution in [0.5, 0.6) is 0 Å². The van der Waals surface area contributed by atoms with Gasteiger partial charge in [-0.2, -0.15) is 0 Å². The van der Waals surface area contributed by atoms with Gasteiger partial charge < -0.3 is 10.8 Å². The van der Waals surface area contributed by atoms with Crippen LogP contribution in [0.25, 0.3) is 0 Å². The molecule has 0 aromatic rings. The van der Waals surface area contributed by atoms with E-state index in [-0.39, 0.29) is 0 Å². The van der Waals surface area contributed by atoms with Crippen molar-refractivity contribution < 1.29 is 0 Å². The number of nitrogens with one attached hydrogen (secondary N) is 2. The molecule has 2 nitrogen and oxygen atoms in total. The van der Waals surface area contributed by atoms with Crippen LogP contribution in [0.4, 0.5) is 0 Å². The van der Waals surface area contributed by atoms with Gasteiger partial charge in [-0.25, -0.2) is 0 Å². The van der Waals surface area contributed by atoms with Gasteiger partial charge in [-0.15, -0.1) is 0 Å². The molecule has 0 aromatic carbocycles. The van der Waals surface area contributed by atoms with Crippen LogP contribution in [0.2, 0.25) is 0 Å². The molecule has 0 bridgehead atoms. The lowest BCUT2D eigenvalue weighted by Crippen LogP contribution is -1.61. The summed E-state index contributed by atoms with van der Waals surface area (Å²) < 4.78 is 0. The standard InChI is InChI=1S/C23H26N2/c24-22-20-18-16-14-12-10-8-6-4-2-1-3-5-7-9-11-13-15-17-19-21-23-25/h1-20,22-25H,21H2/b3-1+,4-2+,7-5+,8-6+,11-9+,12-10+,15-13+,16-14+,19-17+,20-18+,24-22?,25-23?. The van der Waals surface area contributed by atoms with E-state index in [1.54, 1.807) is 6.08 Å². The lowest BCUT2D eigenvalue weighted by Gasteiger charge is -1.76. The van der Waals surface area contributed by atoms with E-state index >= 15 is 0 Å². The summed E-state index contributed by atoms with van der Waals surface area (Å²) in [6, 6.07) is 0. The van der Waals surface area contributed by atoms with Crippen molar-refractivity contribution in [2.24, 2.45) is 0 Å². The van der Waals surface area contributed by atoms with Gasteiger partial charge in [0.25, 0.3) is 0 Å². The van der Waals surface area contributed by atoms with Crippen LogP contribution < -0.4 is 0 Å². The second-order valence-electron chi connectivity index (χ2n) is 4.50. The molecule has 0 aliphatic heterocycles. The normalized spacial score (nSPS) is 14.1. The Kier molecular flexibility index (Phi) is 18.0. The van der Waals surface area contributed by atoms with Gasteiger partial charge in [0.05, 0.1) is 0 Å². The van der Waals surface area contributed by atoms with E-state index in [1.165, 1.54) is 12.4 Å². The van der Waals surface area contributed by atoms with Crippen LogP contribution >= 0.6 is 0 Å². The van der Waals surface area contributed by atoms with Gasteiger partial charge in [0, 0.05) is 12.6 Å². The molecule has 0 saturated heterocycles. The maximum atomic E-state index is 6.87. The first kappa shape index (κ1) is 21.7. The molecule has 0 aliphatic rings. The van der Waals surface area contributed by atoms with Crippen LogP contribution in [0.15, 0.2) is 122 Å². The third kappa shape index (κ3) is 20.7. The Morgan fingerprint density at radius 3 is 0.920 bits per heavy atom. The molecule has 2 N–H and O–H groups in total. The fourth-order valence-electron chi connectivity index (χ4n) is 1.37. The second-order valence-corrected chi connectivity index (χ2v) is 4.50. The van der Waals surface area contributed by atoms with Gasteiger partial charge in [-0.1, -0.05) is 115 Å². The summed E-state index contributed by atoms with van der Waals surface area (Å²) in [5.41, 5.74) is 0. The Hall–Kier alpha value is -3.26. The van der Waals surface area contributed by atoms with E-state index in [4.69, 9.17) is 10.8 Å². The fourth-order valence-corrected chi connectivity index (χ4v) is 1.37. The van der Waals surface area contributed by atoms with Gasteiger partial charge in [0.15, 0.2) is 0 Å². The van der Waals surface area contributed by atoms with Crippen molar-refractivity contribution >= 4 is 12.4 Å². The molecule has 0 atom stereocenters. The quantitative estimate of drug-likeness (QED) is 0.314. The van der Waals surface area contributed by atoms with Gasteiger partial charge in [0.1, 0.15) is 0 Å². The zero-order valence-corrected chi connectivity index (χ0v) is 14.4. The highest BCUT2D eigenvalue weighted by Gasteiger charge is 1.66. The molecule has 0 unspecified atom stereocenters. The summed E-state index contributed by atoms with van der Waals surface area (Å²) in [5.74, 6) is 0. The van der Waals surface area contributed by atoms with Gasteiger partial charge in [-0.3, -0.25) is 0 Å². The van der Waals surface area contributed by atoms with E-state index in [2.05, 4.69) is 0 Å². The van der Waals surface area contributed by atoms with Crippen LogP contribution in [0, 0.1) is 10.8 Å². The first-order chi connectivity index (χ1) is 12.4. The highest BCUT2D eigenvalue weighted by molar-refractivity contribution is 5.68. The molecular weight excluding hydrogens is 304 g/mol. The summed E-state index contributed by atoms with van der Waals surface area (Å²) in [7, 11) is 0. The Morgan fingerprint density at radius 1 is 0.360 bits per heavy atom. The number of hydrogen-bond donors (Lipinski definition) is 2. The van der Waals surface area contributed by atoms with E-state index in [0.29, 0.717) is 6.42 Å². The van der Waals surface area contributed by atoms with Crippen molar-refractivity contribution in [1.29, 1.82) is 10.8 Å². The number of rotatable bonds is 12. The lowest BCUT2D eigenvalue weighted by atomic mass is 10.3. The van der Waals surface area contributed by atoms with Crippen molar-refractivity contribution in [3.63, 3.8) is 0 Å². The SMILES string of the molecule is N=C/C=C/C=C/C=C/C=C/C=C/C=C/C=C/C=C/C=C/C=C/CC=N. The van der Waals surface area contributed by atoms with Crippen molar-refractivity contribution in [3.05, 3.63) is 122 Å². The topological polar surface area (TPSA) is 47.7 Å². The van der Waals surface area contributed by atoms with Crippen molar-refractivity contribution in [1.82, 2.24) is 0 Å². The minimum Gasteiger partial charge on any atom is -0.313 e. The third-order valence-electron chi connectivity index (χ3n) is 2.49. The minimum atomic E-state index is 0.679. The zero-order valence-electron chi connectivity index (χ0n) is 14.4. The molecule has 0 radical (unpaired) electrons. The molecule has 0 aliphatic carbocycles. The predicted molar refractivity (Wildman–Crippen MR) is 114 cm³/mol. The van der Waals surface area contributed by atoms with Gasteiger partial charge >= 0.3 is 0 Å². The van der Waals surface area contributed by atoms with Gasteiger partial charge in [-0.05, 0) is 12.3 Å². The summed E-state index contributed by atoms with van der Waals surface area (Å²) in [6.45, 7) is 0. The highest BCUT2D eigenvalue weighted by atomic mass is 14.3. The Balaban J connectivity index is 3.90. The third-order valence-corrected chi connectivity index (χ3v) is 2.49. The molecule has 128 valence electrons. The van der Waals surface area contributed by atoms with Gasteiger partial charge in [0.2, 0.25) is 0 Å². The molecule has 2 heteroatoms. The first-order valence-electron chi connectivity index (χ1n) is 8.06. The summed E-state index contributed by atoms with van der Waals surface area (Å²) >= 11 is 0. The summed E-state index contributed by atoms with van der Waals surface area (Å²) in [6.07, 6.45) is 41.8. The summed E-state index contributed by atoms with van der Waals surface area (Å²) in [5, 5.41) is 13.7. The molecule has 0 amide bonds. The predicted octanol–water partition coefficient (Wildman–Crippen LogP) is 6.24. The second kappa shape index (κ2) is 20.7. The van der Waals surface area contributed by atoms with Crippen LogP contribution in [-0.2, 0) is 0 Å². The number of allylic oxidation sites excluding steroid dienone is 20. The van der Waals surface area contributed by atoms with Crippen molar-refractivity contribution in [3.8, 4) is 0 Å². The van der Waals surface area contributed by atoms with Crippen LogP contribution in [0.3, 0.4) is 0 Å². The van der Waals surface area contributed by atoms with Crippen molar-refractivity contribution in [2.45, 2.75) is 6.42 Å². The number of hydrogen-bond acceptors (Lipinski definition) is 2. The van der Waals surface area contributed by atoms with E-state index < -0.39 is 0 Å². The van der Waals surface area contributed by atoms with Crippen molar-refractivity contribution in [2.75, 3.05) is 0 Å². The molecule has 0 aromatic heterocycles. The molecular formula is C23H26N2. The van der Waals surface area contributed by atoms with Crippen LogP contribution in [-0.4, -0.2) is 12.4 Å². The molecule has 0 fully saturated rings. The average molecular weight is 330 g/mol. The Morgan fingerprint density at radius 2 is 0.640 bits per heavy atom. The smallest absolute Gasteiger partial charge is 0.0177 e. The lowest BCUT2D eigenvalue weighted by molar-refractivity contribution is 1.44. The maximum absolute atomic E-state index is 6.87. The monoisotopic (exact) mass is 330 g/mol. The Bertz CT molecular complexity index is 631. The largest absolute Gasteiger partial charge is 0.313 e. The van der Waals surface area contributed by atoms with Crippen LogP contribution in [0.1, 0.15) is 6.42 Å². The zero-order chi connectivity index (χ0) is 18.3. The summed E-state index contributed by atoms with van der Waals surface area (Å²) in [4.78, 5) is 0. The fraction of sp³-hybridized carbons (Fsp3) is 0.0435. The van der Waals surface area contributed by atoms with E-state index in [1.807, 2.05) is 115 Å².